The maximum atomic E-state index is 12.4. The first-order chi connectivity index (χ1) is 12.6. The number of thioether (sulfide) groups is 1. The van der Waals surface area contributed by atoms with E-state index in [1.807, 2.05) is 18.2 Å². The summed E-state index contributed by atoms with van der Waals surface area (Å²) >= 11 is 1.50. The molecule has 2 heterocycles. The number of amides is 1. The molecule has 7 heteroatoms. The Morgan fingerprint density at radius 3 is 2.54 bits per heavy atom. The Kier molecular flexibility index (Phi) is 5.80. The molecule has 0 spiro atoms. The maximum absolute atomic E-state index is 12.4. The molecule has 0 fully saturated rings. The number of nitrogens with one attached hydrogen (secondary N) is 1. The van der Waals surface area contributed by atoms with Gasteiger partial charge in [0, 0.05) is 42.6 Å². The van der Waals surface area contributed by atoms with Crippen LogP contribution in [0.25, 0.3) is 0 Å². The molecular formula is C19H18N4O2S. The Morgan fingerprint density at radius 2 is 1.88 bits per heavy atom. The average Bonchev–Trinajstić information content (AvgIpc) is 3.08. The number of hydrogen-bond donors (Lipinski definition) is 1. The predicted molar refractivity (Wildman–Crippen MR) is 102 cm³/mol. The van der Waals surface area contributed by atoms with Crippen molar-refractivity contribution in [2.24, 2.45) is 7.05 Å². The fourth-order valence-corrected chi connectivity index (χ4v) is 3.09. The lowest BCUT2D eigenvalue weighted by Crippen LogP contribution is -2.14. The van der Waals surface area contributed by atoms with Gasteiger partial charge < -0.3 is 9.88 Å². The van der Waals surface area contributed by atoms with Crippen LogP contribution in [0.4, 0.5) is 5.69 Å². The molecule has 1 N–H and O–H groups in total. The monoisotopic (exact) mass is 366 g/mol. The van der Waals surface area contributed by atoms with Crippen LogP contribution in [0.3, 0.4) is 0 Å². The van der Waals surface area contributed by atoms with Gasteiger partial charge in [0.15, 0.2) is 5.82 Å². The van der Waals surface area contributed by atoms with Gasteiger partial charge in [-0.1, -0.05) is 6.07 Å². The minimum Gasteiger partial charge on any atom is -0.331 e. The molecule has 1 amide bonds. The lowest BCUT2D eigenvalue weighted by atomic mass is 10.1. The Morgan fingerprint density at radius 1 is 1.08 bits per heavy atom. The molecule has 0 saturated carbocycles. The van der Waals surface area contributed by atoms with Crippen molar-refractivity contribution in [2.75, 3.05) is 11.1 Å². The first kappa shape index (κ1) is 17.9. The van der Waals surface area contributed by atoms with Crippen LogP contribution < -0.4 is 5.32 Å². The number of benzene rings is 1. The second-order valence-corrected chi connectivity index (χ2v) is 6.62. The number of pyridine rings is 1. The van der Waals surface area contributed by atoms with Gasteiger partial charge in [-0.3, -0.25) is 14.6 Å². The number of nitrogens with zero attached hydrogens (tertiary/aromatic N) is 3. The lowest BCUT2D eigenvalue weighted by molar-refractivity contribution is -0.113. The molecular weight excluding hydrogens is 348 g/mol. The van der Waals surface area contributed by atoms with Crippen LogP contribution in [0.5, 0.6) is 0 Å². The van der Waals surface area contributed by atoms with Crippen molar-refractivity contribution in [2.45, 2.75) is 5.75 Å². The average molecular weight is 366 g/mol. The Bertz CT molecular complexity index is 891. The first-order valence-electron chi connectivity index (χ1n) is 8.03. The van der Waals surface area contributed by atoms with Crippen molar-refractivity contribution in [3.63, 3.8) is 0 Å². The first-order valence-corrected chi connectivity index (χ1v) is 9.18. The van der Waals surface area contributed by atoms with Crippen LogP contribution in [0, 0.1) is 0 Å². The van der Waals surface area contributed by atoms with Crippen LogP contribution in [0.1, 0.15) is 21.9 Å². The fourth-order valence-electron chi connectivity index (χ4n) is 2.35. The molecule has 1 aromatic carbocycles. The SMILES string of the molecule is Cn1ccnc1C(=O)c1ccc(NC(=O)CSCc2ccccn2)cc1. The number of carbonyl (C=O) groups is 2. The number of ketones is 1. The molecule has 0 atom stereocenters. The molecule has 0 bridgehead atoms. The highest BCUT2D eigenvalue weighted by atomic mass is 32.2. The van der Waals surface area contributed by atoms with Crippen LogP contribution in [0.15, 0.2) is 61.1 Å². The highest BCUT2D eigenvalue weighted by Crippen LogP contribution is 2.14. The van der Waals surface area contributed by atoms with E-state index >= 15 is 0 Å². The third-order valence-electron chi connectivity index (χ3n) is 3.66. The second kappa shape index (κ2) is 8.44. The summed E-state index contributed by atoms with van der Waals surface area (Å²) in [5.74, 6) is 1.17. The Balaban J connectivity index is 1.51. The molecule has 2 aromatic heterocycles. The molecule has 26 heavy (non-hydrogen) atoms. The van der Waals surface area contributed by atoms with Crippen molar-refractivity contribution >= 4 is 29.1 Å². The number of aromatic nitrogens is 3. The summed E-state index contributed by atoms with van der Waals surface area (Å²) in [5, 5.41) is 2.83. The highest BCUT2D eigenvalue weighted by molar-refractivity contribution is 7.99. The fraction of sp³-hybridized carbons (Fsp3) is 0.158. The number of anilines is 1. The number of aryl methyl sites for hydroxylation is 1. The minimum absolute atomic E-state index is 0.0888. The molecule has 0 unspecified atom stereocenters. The predicted octanol–water partition coefficient (Wildman–Crippen LogP) is 2.92. The van der Waals surface area contributed by atoms with Gasteiger partial charge in [0.1, 0.15) is 0 Å². The molecule has 3 aromatic rings. The molecule has 0 saturated heterocycles. The van der Waals surface area contributed by atoms with Gasteiger partial charge >= 0.3 is 0 Å². The topological polar surface area (TPSA) is 76.9 Å². The highest BCUT2D eigenvalue weighted by Gasteiger charge is 2.13. The van der Waals surface area contributed by atoms with Gasteiger partial charge in [0.2, 0.25) is 11.7 Å². The molecule has 132 valence electrons. The van der Waals surface area contributed by atoms with Crippen molar-refractivity contribution in [3.8, 4) is 0 Å². The van der Waals surface area contributed by atoms with Crippen molar-refractivity contribution < 1.29 is 9.59 Å². The normalized spacial score (nSPS) is 10.5. The van der Waals surface area contributed by atoms with Gasteiger partial charge in [-0.25, -0.2) is 4.98 Å². The van der Waals surface area contributed by atoms with E-state index in [4.69, 9.17) is 0 Å². The third kappa shape index (κ3) is 4.58. The van der Waals surface area contributed by atoms with E-state index in [2.05, 4.69) is 15.3 Å². The maximum Gasteiger partial charge on any atom is 0.234 e. The minimum atomic E-state index is -0.152. The molecule has 0 aliphatic carbocycles. The standard InChI is InChI=1S/C19H18N4O2S/c1-23-11-10-21-19(23)18(25)14-5-7-15(8-6-14)22-17(24)13-26-12-16-4-2-3-9-20-16/h2-11H,12-13H2,1H3,(H,22,24). The summed E-state index contributed by atoms with van der Waals surface area (Å²) in [7, 11) is 1.78. The summed E-state index contributed by atoms with van der Waals surface area (Å²) in [4.78, 5) is 32.7. The number of imidazole rings is 1. The number of hydrogen-bond acceptors (Lipinski definition) is 5. The van der Waals surface area contributed by atoms with E-state index in [0.717, 1.165) is 5.69 Å². The second-order valence-electron chi connectivity index (χ2n) is 5.63. The van der Waals surface area contributed by atoms with E-state index in [1.54, 1.807) is 54.5 Å². The van der Waals surface area contributed by atoms with Gasteiger partial charge in [-0.05, 0) is 36.4 Å². The van der Waals surface area contributed by atoms with Crippen LogP contribution in [-0.4, -0.2) is 32.0 Å². The molecule has 0 radical (unpaired) electrons. The summed E-state index contributed by atoms with van der Waals surface area (Å²) in [6.07, 6.45) is 5.05. The molecule has 3 rings (SSSR count). The van der Waals surface area contributed by atoms with Crippen LogP contribution >= 0.6 is 11.8 Å². The van der Waals surface area contributed by atoms with E-state index in [9.17, 15) is 9.59 Å². The van der Waals surface area contributed by atoms with Gasteiger partial charge in [-0.15, -0.1) is 11.8 Å². The van der Waals surface area contributed by atoms with Gasteiger partial charge in [0.25, 0.3) is 0 Å². The van der Waals surface area contributed by atoms with Crippen molar-refractivity contribution in [1.29, 1.82) is 0 Å². The Labute approximate surface area is 155 Å². The van der Waals surface area contributed by atoms with E-state index in [-0.39, 0.29) is 11.7 Å². The molecule has 0 aliphatic rings. The van der Waals surface area contributed by atoms with Crippen molar-refractivity contribution in [3.05, 3.63) is 78.1 Å². The van der Waals surface area contributed by atoms with Crippen LogP contribution in [0.2, 0.25) is 0 Å². The number of carbonyl (C=O) groups excluding carboxylic acids is 2. The van der Waals surface area contributed by atoms with E-state index < -0.39 is 0 Å². The summed E-state index contributed by atoms with van der Waals surface area (Å²) in [6.45, 7) is 0. The number of rotatable bonds is 7. The molecule has 6 nitrogen and oxygen atoms in total. The third-order valence-corrected chi connectivity index (χ3v) is 4.63. The van der Waals surface area contributed by atoms with E-state index in [1.165, 1.54) is 11.8 Å². The zero-order valence-electron chi connectivity index (χ0n) is 14.3. The summed E-state index contributed by atoms with van der Waals surface area (Å²) < 4.78 is 1.68. The zero-order valence-corrected chi connectivity index (χ0v) is 15.1. The van der Waals surface area contributed by atoms with Gasteiger partial charge in [0.05, 0.1) is 11.4 Å². The van der Waals surface area contributed by atoms with Gasteiger partial charge in [-0.2, -0.15) is 0 Å². The van der Waals surface area contributed by atoms with Crippen molar-refractivity contribution in [1.82, 2.24) is 14.5 Å². The molecule has 0 aliphatic heterocycles. The largest absolute Gasteiger partial charge is 0.331 e. The zero-order chi connectivity index (χ0) is 18.4. The van der Waals surface area contributed by atoms with Crippen LogP contribution in [-0.2, 0) is 17.6 Å². The quantitative estimate of drug-likeness (QED) is 0.651. The smallest absolute Gasteiger partial charge is 0.234 e. The summed E-state index contributed by atoms with van der Waals surface area (Å²) in [5.41, 5.74) is 2.13. The van der Waals surface area contributed by atoms with E-state index in [0.29, 0.717) is 28.6 Å². The summed E-state index contributed by atoms with van der Waals surface area (Å²) in [6, 6.07) is 12.5. The lowest BCUT2D eigenvalue weighted by Gasteiger charge is -2.06. The Hall–Kier alpha value is -2.93.